The molecule has 2 saturated heterocycles. The molecule has 0 aliphatic carbocycles. The van der Waals surface area contributed by atoms with Crippen LogP contribution in [0.25, 0.3) is 0 Å². The van der Waals surface area contributed by atoms with Gasteiger partial charge >= 0.3 is 0 Å². The van der Waals surface area contributed by atoms with Crippen LogP contribution >= 0.6 is 23.2 Å². The van der Waals surface area contributed by atoms with Crippen LogP contribution in [0.1, 0.15) is 25.7 Å². The van der Waals surface area contributed by atoms with Gasteiger partial charge in [0.1, 0.15) is 5.75 Å². The number of hydrogen-bond acceptors (Lipinski definition) is 3. The molecule has 6 heteroatoms. The molecule has 1 aromatic rings. The Morgan fingerprint density at radius 3 is 2.52 bits per heavy atom. The van der Waals surface area contributed by atoms with Crippen LogP contribution in [0, 0.1) is 0 Å². The van der Waals surface area contributed by atoms with Gasteiger partial charge in [0.25, 0.3) is 5.91 Å². The van der Waals surface area contributed by atoms with E-state index in [-0.39, 0.29) is 30.7 Å². The van der Waals surface area contributed by atoms with Gasteiger partial charge in [0.05, 0.1) is 16.1 Å². The first-order valence-electron chi connectivity index (χ1n) is 7.11. The lowest BCUT2D eigenvalue weighted by Gasteiger charge is -2.37. The van der Waals surface area contributed by atoms with E-state index in [0.29, 0.717) is 28.6 Å². The average Bonchev–Trinajstić information content (AvgIpc) is 2.72. The van der Waals surface area contributed by atoms with E-state index in [1.165, 1.54) is 0 Å². The minimum atomic E-state index is -0.275. The molecule has 1 N–H and O–H groups in total. The van der Waals surface area contributed by atoms with Gasteiger partial charge in [0.2, 0.25) is 0 Å². The second-order valence-electron chi connectivity index (χ2n) is 5.68. The third-order valence-electron chi connectivity index (χ3n) is 4.25. The fraction of sp³-hybridized carbons (Fsp3) is 0.533. The third-order valence-corrected chi connectivity index (χ3v) is 4.99. The summed E-state index contributed by atoms with van der Waals surface area (Å²) in [5.41, 5.74) is 0. The van der Waals surface area contributed by atoms with Crippen molar-refractivity contribution in [2.45, 2.75) is 43.9 Å². The molecule has 2 atom stereocenters. The van der Waals surface area contributed by atoms with Crippen LogP contribution in [0.2, 0.25) is 10.0 Å². The highest BCUT2D eigenvalue weighted by atomic mass is 35.5. The van der Waals surface area contributed by atoms with E-state index in [1.807, 2.05) is 4.90 Å². The predicted molar refractivity (Wildman–Crippen MR) is 80.9 cm³/mol. The Morgan fingerprint density at radius 2 is 1.90 bits per heavy atom. The SMILES string of the molecule is O=C(COc1ccc(Cl)c(Cl)c1)N1C2CCC1CC(O)C2. The van der Waals surface area contributed by atoms with Gasteiger partial charge in [0, 0.05) is 18.2 Å². The zero-order valence-electron chi connectivity index (χ0n) is 11.5. The molecule has 2 heterocycles. The van der Waals surface area contributed by atoms with Gasteiger partial charge in [-0.2, -0.15) is 0 Å². The Labute approximate surface area is 133 Å². The topological polar surface area (TPSA) is 49.8 Å². The Balaban J connectivity index is 1.61. The molecule has 4 nitrogen and oxygen atoms in total. The molecule has 1 aromatic carbocycles. The number of rotatable bonds is 3. The normalized spacial score (nSPS) is 27.8. The summed E-state index contributed by atoms with van der Waals surface area (Å²) in [5.74, 6) is 0.502. The van der Waals surface area contributed by atoms with Crippen molar-refractivity contribution >= 4 is 29.1 Å². The maximum Gasteiger partial charge on any atom is 0.261 e. The number of hydrogen-bond donors (Lipinski definition) is 1. The molecule has 21 heavy (non-hydrogen) atoms. The van der Waals surface area contributed by atoms with Gasteiger partial charge in [-0.1, -0.05) is 23.2 Å². The van der Waals surface area contributed by atoms with E-state index >= 15 is 0 Å². The van der Waals surface area contributed by atoms with Crippen molar-refractivity contribution < 1.29 is 14.6 Å². The number of carbonyl (C=O) groups is 1. The Hall–Kier alpha value is -0.970. The van der Waals surface area contributed by atoms with Gasteiger partial charge in [-0.05, 0) is 37.8 Å². The number of halogens is 2. The molecule has 0 aromatic heterocycles. The fourth-order valence-electron chi connectivity index (χ4n) is 3.34. The van der Waals surface area contributed by atoms with Gasteiger partial charge in [0.15, 0.2) is 6.61 Å². The number of ether oxygens (including phenoxy) is 1. The van der Waals surface area contributed by atoms with E-state index in [2.05, 4.69) is 0 Å². The lowest BCUT2D eigenvalue weighted by atomic mass is 10.00. The van der Waals surface area contributed by atoms with Crippen LogP contribution in [-0.2, 0) is 4.79 Å². The smallest absolute Gasteiger partial charge is 0.261 e. The molecule has 3 rings (SSSR count). The second kappa shape index (κ2) is 6.03. The first kappa shape index (κ1) is 14.9. The van der Waals surface area contributed by atoms with Crippen molar-refractivity contribution in [3.05, 3.63) is 28.2 Å². The van der Waals surface area contributed by atoms with Crippen molar-refractivity contribution in [2.75, 3.05) is 6.61 Å². The van der Waals surface area contributed by atoms with Crippen LogP contribution in [-0.4, -0.2) is 40.7 Å². The summed E-state index contributed by atoms with van der Waals surface area (Å²) in [7, 11) is 0. The van der Waals surface area contributed by atoms with E-state index in [4.69, 9.17) is 27.9 Å². The van der Waals surface area contributed by atoms with Crippen molar-refractivity contribution in [1.82, 2.24) is 4.90 Å². The predicted octanol–water partition coefficient (Wildman–Crippen LogP) is 2.89. The first-order valence-corrected chi connectivity index (χ1v) is 7.87. The number of aliphatic hydroxyl groups excluding tert-OH is 1. The summed E-state index contributed by atoms with van der Waals surface area (Å²) < 4.78 is 5.51. The highest BCUT2D eigenvalue weighted by molar-refractivity contribution is 6.42. The number of nitrogens with zero attached hydrogens (tertiary/aromatic N) is 1. The van der Waals surface area contributed by atoms with Gasteiger partial charge in [-0.3, -0.25) is 4.79 Å². The van der Waals surface area contributed by atoms with Crippen LogP contribution in [0.4, 0.5) is 0 Å². The number of aliphatic hydroxyl groups is 1. The van der Waals surface area contributed by atoms with Crippen LogP contribution in [0.3, 0.4) is 0 Å². The molecule has 2 bridgehead atoms. The summed E-state index contributed by atoms with van der Waals surface area (Å²) in [5, 5.41) is 10.6. The maximum absolute atomic E-state index is 12.4. The van der Waals surface area contributed by atoms with Crippen molar-refractivity contribution in [1.29, 1.82) is 0 Å². The minimum absolute atomic E-state index is 0.0128. The molecule has 114 valence electrons. The highest BCUT2D eigenvalue weighted by Crippen LogP contribution is 2.35. The Kier molecular flexibility index (Phi) is 4.29. The number of fused-ring (bicyclic) bond motifs is 2. The largest absolute Gasteiger partial charge is 0.484 e. The third kappa shape index (κ3) is 3.12. The summed E-state index contributed by atoms with van der Waals surface area (Å²) in [6.45, 7) is -0.0128. The summed E-state index contributed by atoms with van der Waals surface area (Å²) in [4.78, 5) is 14.2. The Morgan fingerprint density at radius 1 is 1.24 bits per heavy atom. The zero-order valence-corrected chi connectivity index (χ0v) is 13.0. The molecule has 1 amide bonds. The number of benzene rings is 1. The molecule has 0 radical (unpaired) electrons. The quantitative estimate of drug-likeness (QED) is 0.927. The van der Waals surface area contributed by atoms with E-state index in [0.717, 1.165) is 12.8 Å². The number of piperidine rings is 1. The van der Waals surface area contributed by atoms with Crippen LogP contribution in [0.5, 0.6) is 5.75 Å². The summed E-state index contributed by atoms with van der Waals surface area (Å²) in [6.07, 6.45) is 3.02. The zero-order chi connectivity index (χ0) is 15.0. The molecule has 0 saturated carbocycles. The standard InChI is InChI=1S/C15H17Cl2NO3/c16-13-4-3-12(7-14(13)17)21-8-15(20)18-9-1-2-10(18)6-11(19)5-9/h3-4,7,9-11,19H,1-2,5-6,8H2. The van der Waals surface area contributed by atoms with Crippen LogP contribution < -0.4 is 4.74 Å². The number of amides is 1. The van der Waals surface area contributed by atoms with Gasteiger partial charge in [-0.15, -0.1) is 0 Å². The van der Waals surface area contributed by atoms with Crippen molar-refractivity contribution in [2.24, 2.45) is 0 Å². The average molecular weight is 330 g/mol. The second-order valence-corrected chi connectivity index (χ2v) is 6.49. The highest BCUT2D eigenvalue weighted by Gasteiger charge is 2.42. The monoisotopic (exact) mass is 329 g/mol. The van der Waals surface area contributed by atoms with E-state index < -0.39 is 0 Å². The molecule has 2 fully saturated rings. The van der Waals surface area contributed by atoms with E-state index in [9.17, 15) is 9.90 Å². The van der Waals surface area contributed by atoms with E-state index in [1.54, 1.807) is 18.2 Å². The summed E-state index contributed by atoms with van der Waals surface area (Å²) in [6, 6.07) is 5.25. The fourth-order valence-corrected chi connectivity index (χ4v) is 3.63. The molecular weight excluding hydrogens is 313 g/mol. The van der Waals surface area contributed by atoms with Crippen molar-refractivity contribution in [3.63, 3.8) is 0 Å². The lowest BCUT2D eigenvalue weighted by Crippen LogP contribution is -2.49. The molecular formula is C15H17Cl2NO3. The van der Waals surface area contributed by atoms with Gasteiger partial charge < -0.3 is 14.7 Å². The number of carbonyl (C=O) groups excluding carboxylic acids is 1. The van der Waals surface area contributed by atoms with Crippen molar-refractivity contribution in [3.8, 4) is 5.75 Å². The first-order chi connectivity index (χ1) is 10.0. The molecule has 2 unspecified atom stereocenters. The lowest BCUT2D eigenvalue weighted by molar-refractivity contribution is -0.139. The molecule has 0 spiro atoms. The molecule has 2 aliphatic rings. The summed E-state index contributed by atoms with van der Waals surface area (Å²) >= 11 is 11.8. The van der Waals surface area contributed by atoms with Crippen LogP contribution in [0.15, 0.2) is 18.2 Å². The van der Waals surface area contributed by atoms with Gasteiger partial charge in [-0.25, -0.2) is 0 Å². The molecule has 2 aliphatic heterocycles. The minimum Gasteiger partial charge on any atom is -0.484 e. The maximum atomic E-state index is 12.4. The Bertz CT molecular complexity index is 538.